The molecule has 0 aliphatic carbocycles. The molecule has 0 radical (unpaired) electrons. The second kappa shape index (κ2) is 6.99. The van der Waals surface area contributed by atoms with Crippen molar-refractivity contribution in [2.24, 2.45) is 20.0 Å². The Kier molecular flexibility index (Phi) is 4.50. The monoisotopic (exact) mass is 383 g/mol. The fraction of sp³-hybridized carbons (Fsp3) is 0.368. The van der Waals surface area contributed by atoms with Crippen molar-refractivity contribution < 1.29 is 9.53 Å². The summed E-state index contributed by atoms with van der Waals surface area (Å²) in [5.41, 5.74) is 0.601. The van der Waals surface area contributed by atoms with Crippen LogP contribution < -0.4 is 21.3 Å². The normalized spacial score (nSPS) is 15.9. The second-order valence-corrected chi connectivity index (χ2v) is 7.05. The van der Waals surface area contributed by atoms with Gasteiger partial charge in [0.15, 0.2) is 11.2 Å². The van der Waals surface area contributed by atoms with Gasteiger partial charge in [0.1, 0.15) is 12.3 Å². The Morgan fingerprint density at radius 2 is 2.07 bits per heavy atom. The van der Waals surface area contributed by atoms with Gasteiger partial charge in [0.2, 0.25) is 5.91 Å². The molecule has 1 amide bonds. The number of para-hydroxylation sites is 1. The van der Waals surface area contributed by atoms with Crippen LogP contribution in [0.2, 0.25) is 0 Å². The van der Waals surface area contributed by atoms with Crippen LogP contribution in [-0.4, -0.2) is 37.7 Å². The van der Waals surface area contributed by atoms with Gasteiger partial charge in [-0.2, -0.15) is 0 Å². The third kappa shape index (κ3) is 3.08. The fourth-order valence-electron chi connectivity index (χ4n) is 3.52. The summed E-state index contributed by atoms with van der Waals surface area (Å²) < 4.78 is 9.48. The minimum absolute atomic E-state index is 0.137. The Labute approximate surface area is 160 Å². The van der Waals surface area contributed by atoms with Gasteiger partial charge in [0.25, 0.3) is 5.56 Å². The van der Waals surface area contributed by atoms with E-state index in [9.17, 15) is 14.4 Å². The first-order valence-corrected chi connectivity index (χ1v) is 9.04. The summed E-state index contributed by atoms with van der Waals surface area (Å²) in [7, 11) is 3.20. The largest absolute Gasteiger partial charge is 0.493 e. The molecule has 9 nitrogen and oxygen atoms in total. The SMILES string of the molecule is Cn1cnc2c1c(=O)n(CC(=O)NCC1COc3ccccc3C1)c(=O)n2C. The Morgan fingerprint density at radius 3 is 2.89 bits per heavy atom. The van der Waals surface area contributed by atoms with Crippen LogP contribution in [0.3, 0.4) is 0 Å². The number of imidazole rings is 1. The number of hydrogen-bond acceptors (Lipinski definition) is 5. The lowest BCUT2D eigenvalue weighted by atomic mass is 9.97. The molecule has 1 N–H and O–H groups in total. The highest BCUT2D eigenvalue weighted by Gasteiger charge is 2.21. The smallest absolute Gasteiger partial charge is 0.332 e. The Morgan fingerprint density at radius 1 is 1.29 bits per heavy atom. The summed E-state index contributed by atoms with van der Waals surface area (Å²) in [4.78, 5) is 41.6. The van der Waals surface area contributed by atoms with E-state index in [4.69, 9.17) is 4.74 Å². The molecule has 1 aliphatic rings. The minimum atomic E-state index is -0.568. The topological polar surface area (TPSA) is 100 Å². The van der Waals surface area contributed by atoms with Gasteiger partial charge in [-0.3, -0.25) is 14.2 Å². The molecule has 2 aromatic heterocycles. The summed E-state index contributed by atoms with van der Waals surface area (Å²) in [5, 5.41) is 2.81. The van der Waals surface area contributed by atoms with Gasteiger partial charge < -0.3 is 14.6 Å². The zero-order valence-corrected chi connectivity index (χ0v) is 15.7. The molecule has 1 aliphatic heterocycles. The number of benzene rings is 1. The molecule has 3 heterocycles. The van der Waals surface area contributed by atoms with E-state index in [2.05, 4.69) is 10.3 Å². The summed E-state index contributed by atoms with van der Waals surface area (Å²) in [6, 6.07) is 7.83. The van der Waals surface area contributed by atoms with E-state index in [-0.39, 0.29) is 23.9 Å². The number of amides is 1. The molecule has 1 unspecified atom stereocenters. The van der Waals surface area contributed by atoms with Crippen LogP contribution in [-0.2, 0) is 31.9 Å². The number of hydrogen-bond donors (Lipinski definition) is 1. The standard InChI is InChI=1S/C19H21N5O4/c1-22-11-21-17-16(22)18(26)24(19(27)23(17)2)9-15(25)20-8-12-7-13-5-3-4-6-14(13)28-10-12/h3-6,11-12H,7-10H2,1-2H3,(H,20,25). The summed E-state index contributed by atoms with van der Waals surface area (Å²) in [5.74, 6) is 0.627. The van der Waals surface area contributed by atoms with Crippen molar-refractivity contribution >= 4 is 17.1 Å². The van der Waals surface area contributed by atoms with Gasteiger partial charge in [-0.15, -0.1) is 0 Å². The van der Waals surface area contributed by atoms with Crippen molar-refractivity contribution in [2.75, 3.05) is 13.2 Å². The third-order valence-electron chi connectivity index (χ3n) is 5.05. The highest BCUT2D eigenvalue weighted by atomic mass is 16.5. The average Bonchev–Trinajstić information content (AvgIpc) is 3.09. The molecule has 0 saturated heterocycles. The van der Waals surface area contributed by atoms with E-state index < -0.39 is 11.2 Å². The number of ether oxygens (including phenoxy) is 1. The molecule has 9 heteroatoms. The molecule has 0 bridgehead atoms. The van der Waals surface area contributed by atoms with Gasteiger partial charge in [-0.25, -0.2) is 14.3 Å². The van der Waals surface area contributed by atoms with Gasteiger partial charge in [0, 0.05) is 26.6 Å². The van der Waals surface area contributed by atoms with Crippen molar-refractivity contribution in [1.82, 2.24) is 24.0 Å². The maximum atomic E-state index is 12.7. The highest BCUT2D eigenvalue weighted by Crippen LogP contribution is 2.26. The van der Waals surface area contributed by atoms with E-state index >= 15 is 0 Å². The summed E-state index contributed by atoms with van der Waals surface area (Å²) in [6.45, 7) is 0.590. The Bertz CT molecular complexity index is 1170. The Balaban J connectivity index is 1.47. The van der Waals surface area contributed by atoms with Gasteiger partial charge >= 0.3 is 5.69 Å². The van der Waals surface area contributed by atoms with Gasteiger partial charge in [-0.05, 0) is 18.1 Å². The molecule has 1 atom stereocenters. The van der Waals surface area contributed by atoms with Crippen LogP contribution in [0.25, 0.3) is 11.2 Å². The van der Waals surface area contributed by atoms with Gasteiger partial charge in [0.05, 0.1) is 12.9 Å². The van der Waals surface area contributed by atoms with E-state index in [1.54, 1.807) is 11.6 Å². The van der Waals surface area contributed by atoms with Crippen molar-refractivity contribution in [3.05, 3.63) is 57.0 Å². The van der Waals surface area contributed by atoms with Crippen LogP contribution in [0.15, 0.2) is 40.2 Å². The number of aromatic nitrogens is 4. The quantitative estimate of drug-likeness (QED) is 0.673. The zero-order chi connectivity index (χ0) is 19.8. The van der Waals surface area contributed by atoms with E-state index in [0.29, 0.717) is 18.8 Å². The summed E-state index contributed by atoms with van der Waals surface area (Å²) in [6.07, 6.45) is 2.27. The van der Waals surface area contributed by atoms with Crippen LogP contribution in [0.4, 0.5) is 0 Å². The van der Waals surface area contributed by atoms with Gasteiger partial charge in [-0.1, -0.05) is 18.2 Å². The highest BCUT2D eigenvalue weighted by molar-refractivity contribution is 5.76. The van der Waals surface area contributed by atoms with E-state index in [0.717, 1.165) is 22.3 Å². The lowest BCUT2D eigenvalue weighted by molar-refractivity contribution is -0.122. The average molecular weight is 383 g/mol. The number of carbonyl (C=O) groups excluding carboxylic acids is 1. The minimum Gasteiger partial charge on any atom is -0.493 e. The molecule has 0 saturated carbocycles. The van der Waals surface area contributed by atoms with Crippen molar-refractivity contribution in [2.45, 2.75) is 13.0 Å². The molecular weight excluding hydrogens is 362 g/mol. The number of rotatable bonds is 4. The number of nitrogens with zero attached hydrogens (tertiary/aromatic N) is 4. The third-order valence-corrected chi connectivity index (χ3v) is 5.05. The maximum Gasteiger partial charge on any atom is 0.332 e. The molecule has 0 fully saturated rings. The molecule has 4 rings (SSSR count). The maximum absolute atomic E-state index is 12.7. The van der Waals surface area contributed by atoms with Crippen molar-refractivity contribution in [1.29, 1.82) is 0 Å². The molecule has 0 spiro atoms. The zero-order valence-electron chi connectivity index (χ0n) is 15.7. The fourth-order valence-corrected chi connectivity index (χ4v) is 3.52. The number of nitrogens with one attached hydrogen (secondary N) is 1. The first kappa shape index (κ1) is 18.0. The molecule has 146 valence electrons. The van der Waals surface area contributed by atoms with E-state index in [1.165, 1.54) is 17.9 Å². The lowest BCUT2D eigenvalue weighted by Crippen LogP contribution is -2.44. The number of carbonyl (C=O) groups is 1. The second-order valence-electron chi connectivity index (χ2n) is 7.05. The summed E-state index contributed by atoms with van der Waals surface area (Å²) >= 11 is 0. The van der Waals surface area contributed by atoms with Crippen LogP contribution in [0.5, 0.6) is 5.75 Å². The van der Waals surface area contributed by atoms with Crippen LogP contribution in [0.1, 0.15) is 5.56 Å². The number of fused-ring (bicyclic) bond motifs is 2. The molecule has 28 heavy (non-hydrogen) atoms. The first-order valence-electron chi connectivity index (χ1n) is 9.04. The van der Waals surface area contributed by atoms with Crippen LogP contribution >= 0.6 is 0 Å². The van der Waals surface area contributed by atoms with E-state index in [1.807, 2.05) is 24.3 Å². The predicted octanol–water partition coefficient (Wildman–Crippen LogP) is -0.199. The van der Waals surface area contributed by atoms with Crippen LogP contribution in [0, 0.1) is 5.92 Å². The Hall–Kier alpha value is -3.36. The predicted molar refractivity (Wildman–Crippen MR) is 102 cm³/mol. The molecular formula is C19H21N5O4. The van der Waals surface area contributed by atoms with Crippen molar-refractivity contribution in [3.63, 3.8) is 0 Å². The molecule has 3 aromatic rings. The van der Waals surface area contributed by atoms with Crippen molar-refractivity contribution in [3.8, 4) is 5.75 Å². The molecule has 1 aromatic carbocycles. The number of aryl methyl sites for hydroxylation is 2. The lowest BCUT2D eigenvalue weighted by Gasteiger charge is -2.25. The first-order chi connectivity index (χ1) is 13.5.